The van der Waals surface area contributed by atoms with Crippen molar-refractivity contribution in [2.24, 2.45) is 0 Å². The molecule has 0 aliphatic heterocycles. The number of carbonyl (C=O) groups excluding carboxylic acids is 1. The Hall–Kier alpha value is -2.67. The van der Waals surface area contributed by atoms with Crippen molar-refractivity contribution in [1.29, 1.82) is 0 Å². The van der Waals surface area contributed by atoms with E-state index in [4.69, 9.17) is 16.7 Å². The Morgan fingerprint density at radius 1 is 1.43 bits per heavy atom. The molecule has 0 unspecified atom stereocenters. The van der Waals surface area contributed by atoms with Crippen LogP contribution in [-0.4, -0.2) is 27.2 Å². The van der Waals surface area contributed by atoms with Crippen LogP contribution in [0, 0.1) is 5.82 Å². The molecular weight excluding hydrogens is 301 g/mol. The van der Waals surface area contributed by atoms with Crippen LogP contribution in [0.5, 0.6) is 0 Å². The van der Waals surface area contributed by atoms with Crippen molar-refractivity contribution < 1.29 is 19.1 Å². The normalized spacial score (nSPS) is 10.8. The number of anilines is 1. The molecule has 0 fully saturated rings. The van der Waals surface area contributed by atoms with Crippen molar-refractivity contribution in [1.82, 2.24) is 10.2 Å². The molecule has 0 atom stereocenters. The van der Waals surface area contributed by atoms with Crippen molar-refractivity contribution in [2.75, 3.05) is 5.32 Å². The number of aromatic carboxylic acids is 1. The van der Waals surface area contributed by atoms with E-state index in [9.17, 15) is 14.0 Å². The number of rotatable bonds is 4. The van der Waals surface area contributed by atoms with Crippen molar-refractivity contribution in [3.8, 4) is 0 Å². The topological polar surface area (TPSA) is 95.1 Å². The number of amides is 1. The predicted molar refractivity (Wildman–Crippen MR) is 74.6 cm³/mol. The minimum Gasteiger partial charge on any atom is -0.477 e. The summed E-state index contributed by atoms with van der Waals surface area (Å²) in [5, 5.41) is 17.0. The van der Waals surface area contributed by atoms with Crippen molar-refractivity contribution in [3.63, 3.8) is 0 Å². The Kier molecular flexibility index (Phi) is 4.34. The Balaban J connectivity index is 2.07. The molecular formula is C13H9ClFN3O3. The number of hydrogen-bond acceptors (Lipinski definition) is 3. The first kappa shape index (κ1) is 14.7. The fourth-order valence-electron chi connectivity index (χ4n) is 1.49. The van der Waals surface area contributed by atoms with Crippen LogP contribution in [0.25, 0.3) is 6.08 Å². The summed E-state index contributed by atoms with van der Waals surface area (Å²) >= 11 is 5.81. The minimum atomic E-state index is -1.20. The number of carboxylic acid groups (broad SMARTS) is 1. The molecule has 0 radical (unpaired) electrons. The number of nitrogens with zero attached hydrogens (tertiary/aromatic N) is 1. The molecule has 21 heavy (non-hydrogen) atoms. The molecule has 1 amide bonds. The first-order valence-electron chi connectivity index (χ1n) is 5.69. The number of nitrogens with one attached hydrogen (secondary N) is 2. The molecule has 0 saturated carbocycles. The van der Waals surface area contributed by atoms with E-state index < -0.39 is 17.7 Å². The Bertz CT molecular complexity index is 707. The van der Waals surface area contributed by atoms with Gasteiger partial charge < -0.3 is 10.4 Å². The number of hydrogen-bond donors (Lipinski definition) is 3. The molecule has 3 N–H and O–H groups in total. The maximum Gasteiger partial charge on any atom is 0.353 e. The predicted octanol–water partition coefficient (Wildman–Crippen LogP) is 2.55. The van der Waals surface area contributed by atoms with E-state index in [-0.39, 0.29) is 22.1 Å². The number of H-pyrrole nitrogens is 1. The summed E-state index contributed by atoms with van der Waals surface area (Å²) in [7, 11) is 0. The second-order valence-corrected chi connectivity index (χ2v) is 4.34. The van der Waals surface area contributed by atoms with Crippen LogP contribution in [0.15, 0.2) is 30.3 Å². The van der Waals surface area contributed by atoms with Crippen molar-refractivity contribution >= 4 is 35.4 Å². The second kappa shape index (κ2) is 6.19. The van der Waals surface area contributed by atoms with Gasteiger partial charge in [-0.25, -0.2) is 9.18 Å². The largest absolute Gasteiger partial charge is 0.477 e. The summed E-state index contributed by atoms with van der Waals surface area (Å²) < 4.78 is 13.5. The monoisotopic (exact) mass is 309 g/mol. The highest BCUT2D eigenvalue weighted by Crippen LogP contribution is 2.20. The van der Waals surface area contributed by atoms with Crippen LogP contribution in [-0.2, 0) is 4.79 Å². The summed E-state index contributed by atoms with van der Waals surface area (Å²) in [5.74, 6) is -2.31. The Labute approximate surface area is 123 Å². The molecule has 1 aromatic heterocycles. The van der Waals surface area contributed by atoms with Crippen LogP contribution in [0.3, 0.4) is 0 Å². The molecule has 1 heterocycles. The van der Waals surface area contributed by atoms with E-state index in [0.717, 1.165) is 12.1 Å². The molecule has 0 spiro atoms. The Morgan fingerprint density at radius 3 is 2.81 bits per heavy atom. The Morgan fingerprint density at radius 2 is 2.19 bits per heavy atom. The van der Waals surface area contributed by atoms with Crippen molar-refractivity contribution in [3.05, 3.63) is 52.4 Å². The molecule has 8 heteroatoms. The van der Waals surface area contributed by atoms with E-state index in [0.29, 0.717) is 0 Å². The number of aromatic amines is 1. The number of benzene rings is 1. The number of aromatic nitrogens is 2. The van der Waals surface area contributed by atoms with Gasteiger partial charge in [0, 0.05) is 17.7 Å². The van der Waals surface area contributed by atoms with Crippen LogP contribution in [0.4, 0.5) is 10.2 Å². The summed E-state index contributed by atoms with van der Waals surface area (Å²) in [5.41, 5.74) is -0.0750. The van der Waals surface area contributed by atoms with Crippen molar-refractivity contribution in [2.45, 2.75) is 0 Å². The van der Waals surface area contributed by atoms with Crippen LogP contribution >= 0.6 is 11.6 Å². The van der Waals surface area contributed by atoms with E-state index in [2.05, 4.69) is 15.5 Å². The maximum absolute atomic E-state index is 13.5. The summed E-state index contributed by atoms with van der Waals surface area (Å²) in [6, 6.07) is 5.32. The third-order valence-electron chi connectivity index (χ3n) is 2.46. The van der Waals surface area contributed by atoms with E-state index in [1.165, 1.54) is 24.3 Å². The van der Waals surface area contributed by atoms with Gasteiger partial charge in [0.1, 0.15) is 11.5 Å². The highest BCUT2D eigenvalue weighted by molar-refractivity contribution is 6.32. The zero-order valence-electron chi connectivity index (χ0n) is 10.4. The highest BCUT2D eigenvalue weighted by atomic mass is 35.5. The van der Waals surface area contributed by atoms with Gasteiger partial charge in [0.25, 0.3) is 0 Å². The molecule has 6 nitrogen and oxygen atoms in total. The molecule has 1 aromatic carbocycles. The molecule has 0 bridgehead atoms. The fraction of sp³-hybridized carbons (Fsp3) is 0. The zero-order valence-corrected chi connectivity index (χ0v) is 11.2. The van der Waals surface area contributed by atoms with Gasteiger partial charge in [0.15, 0.2) is 5.82 Å². The molecule has 0 aliphatic rings. The summed E-state index contributed by atoms with van der Waals surface area (Å²) in [6.07, 6.45) is 2.29. The fourth-order valence-corrected chi connectivity index (χ4v) is 1.72. The van der Waals surface area contributed by atoms with Crippen LogP contribution in [0.1, 0.15) is 16.1 Å². The third kappa shape index (κ3) is 3.67. The lowest BCUT2D eigenvalue weighted by atomic mass is 10.2. The van der Waals surface area contributed by atoms with E-state index >= 15 is 0 Å². The number of carbonyl (C=O) groups is 2. The second-order valence-electron chi connectivity index (χ2n) is 3.93. The average molecular weight is 310 g/mol. The van der Waals surface area contributed by atoms with E-state index in [1.54, 1.807) is 0 Å². The minimum absolute atomic E-state index is 0.0432. The van der Waals surface area contributed by atoms with E-state index in [1.807, 2.05) is 0 Å². The van der Waals surface area contributed by atoms with Gasteiger partial charge in [0.05, 0.1) is 5.02 Å². The quantitative estimate of drug-likeness (QED) is 0.756. The van der Waals surface area contributed by atoms with Gasteiger partial charge in [-0.2, -0.15) is 5.10 Å². The lowest BCUT2D eigenvalue weighted by Gasteiger charge is -1.99. The van der Waals surface area contributed by atoms with Crippen LogP contribution in [0.2, 0.25) is 5.02 Å². The lowest BCUT2D eigenvalue weighted by molar-refractivity contribution is -0.111. The standard InChI is InChI=1S/C13H9ClFN3O3/c14-8-2-1-3-9(15)7(8)4-5-12(19)16-11-6-10(13(20)21)17-18-11/h1-6H,(H,20,21)(H2,16,17,18,19). The highest BCUT2D eigenvalue weighted by Gasteiger charge is 2.09. The van der Waals surface area contributed by atoms with Gasteiger partial charge in [-0.05, 0) is 18.2 Å². The summed E-state index contributed by atoms with van der Waals surface area (Å²) in [4.78, 5) is 22.3. The first-order valence-corrected chi connectivity index (χ1v) is 6.07. The number of halogens is 2. The number of carboxylic acids is 1. The first-order chi connectivity index (χ1) is 9.97. The lowest BCUT2D eigenvalue weighted by Crippen LogP contribution is -2.08. The maximum atomic E-state index is 13.5. The van der Waals surface area contributed by atoms with Gasteiger partial charge in [-0.1, -0.05) is 17.7 Å². The smallest absolute Gasteiger partial charge is 0.353 e. The van der Waals surface area contributed by atoms with Gasteiger partial charge in [0.2, 0.25) is 5.91 Å². The average Bonchev–Trinajstić information content (AvgIpc) is 2.87. The SMILES string of the molecule is O=C(C=Cc1c(F)cccc1Cl)Nc1cc(C(=O)O)[nH]n1. The zero-order chi connectivity index (χ0) is 15.4. The molecule has 2 aromatic rings. The molecule has 0 saturated heterocycles. The molecule has 0 aliphatic carbocycles. The molecule has 108 valence electrons. The third-order valence-corrected chi connectivity index (χ3v) is 2.79. The van der Waals surface area contributed by atoms with Gasteiger partial charge in [-0.3, -0.25) is 9.89 Å². The summed E-state index contributed by atoms with van der Waals surface area (Å²) in [6.45, 7) is 0. The molecule has 2 rings (SSSR count). The van der Waals surface area contributed by atoms with Gasteiger partial charge in [-0.15, -0.1) is 0 Å². The van der Waals surface area contributed by atoms with Gasteiger partial charge >= 0.3 is 5.97 Å². The van der Waals surface area contributed by atoms with Crippen LogP contribution < -0.4 is 5.32 Å².